The Bertz CT molecular complexity index is 455. The van der Waals surface area contributed by atoms with Crippen LogP contribution in [0.4, 0.5) is 4.79 Å². The minimum absolute atomic E-state index is 0.109. The Morgan fingerprint density at radius 3 is 2.45 bits per heavy atom. The maximum atomic E-state index is 12.5. The highest BCUT2D eigenvalue weighted by Gasteiger charge is 2.53. The second-order valence-corrected chi connectivity index (χ2v) is 5.43. The molecule has 0 atom stereocenters. The molecule has 1 heterocycles. The Morgan fingerprint density at radius 2 is 1.85 bits per heavy atom. The first kappa shape index (κ1) is 14.5. The number of rotatable bonds is 4. The first-order valence-corrected chi connectivity index (χ1v) is 6.93. The van der Waals surface area contributed by atoms with Crippen LogP contribution in [0.2, 0.25) is 0 Å². The molecule has 0 unspecified atom stereocenters. The fraction of sp³-hybridized carbons (Fsp3) is 0.692. The molecule has 1 saturated carbocycles. The number of nitrogens with two attached hydrogens (primary N) is 1. The van der Waals surface area contributed by atoms with E-state index in [9.17, 15) is 19.2 Å². The first-order valence-electron chi connectivity index (χ1n) is 6.93. The summed E-state index contributed by atoms with van der Waals surface area (Å²) in [7, 11) is 0. The van der Waals surface area contributed by atoms with E-state index in [1.54, 1.807) is 0 Å². The lowest BCUT2D eigenvalue weighted by Gasteiger charge is -2.41. The lowest BCUT2D eigenvalue weighted by atomic mass is 9.71. The van der Waals surface area contributed by atoms with Crippen LogP contribution in [0, 0.1) is 5.41 Å². The van der Waals surface area contributed by atoms with Crippen LogP contribution in [0.15, 0.2) is 0 Å². The largest absolute Gasteiger partial charge is 0.370 e. The van der Waals surface area contributed by atoms with Gasteiger partial charge in [0.1, 0.15) is 5.41 Å². The predicted molar refractivity (Wildman–Crippen MR) is 69.2 cm³/mol. The number of nitrogens with zero attached hydrogens (tertiary/aromatic N) is 1. The van der Waals surface area contributed by atoms with E-state index in [1.165, 1.54) is 0 Å². The van der Waals surface area contributed by atoms with Crippen molar-refractivity contribution in [1.29, 1.82) is 0 Å². The van der Waals surface area contributed by atoms with Crippen molar-refractivity contribution in [2.24, 2.45) is 11.1 Å². The van der Waals surface area contributed by atoms with Crippen LogP contribution in [-0.2, 0) is 14.4 Å². The molecule has 2 rings (SSSR count). The summed E-state index contributed by atoms with van der Waals surface area (Å²) in [5.41, 5.74) is 3.95. The quantitative estimate of drug-likeness (QED) is 0.721. The third-order valence-electron chi connectivity index (χ3n) is 4.07. The number of amides is 5. The molecule has 0 aromatic rings. The molecular formula is C13H19N3O4. The normalized spacial score (nSPS) is 22.0. The fourth-order valence-electron chi connectivity index (χ4n) is 2.94. The number of carbonyl (C=O) groups is 4. The molecule has 5 amide bonds. The molecule has 0 bridgehead atoms. The minimum atomic E-state index is -1.08. The summed E-state index contributed by atoms with van der Waals surface area (Å²) in [6, 6.07) is -0.694. The topological polar surface area (TPSA) is 110 Å². The van der Waals surface area contributed by atoms with Crippen LogP contribution < -0.4 is 11.1 Å². The zero-order chi connectivity index (χ0) is 14.8. The van der Waals surface area contributed by atoms with Crippen LogP contribution in [0.5, 0.6) is 0 Å². The van der Waals surface area contributed by atoms with E-state index in [1.807, 2.05) is 0 Å². The van der Waals surface area contributed by atoms with Crippen molar-refractivity contribution in [1.82, 2.24) is 10.2 Å². The number of imide groups is 2. The van der Waals surface area contributed by atoms with Crippen LogP contribution in [0.3, 0.4) is 0 Å². The summed E-state index contributed by atoms with van der Waals surface area (Å²) in [5, 5.41) is 2.27. The average molecular weight is 281 g/mol. The summed E-state index contributed by atoms with van der Waals surface area (Å²) >= 11 is 0. The van der Waals surface area contributed by atoms with Gasteiger partial charge in [0.05, 0.1) is 0 Å². The van der Waals surface area contributed by atoms with Gasteiger partial charge in [-0.2, -0.15) is 0 Å². The van der Waals surface area contributed by atoms with Gasteiger partial charge in [-0.15, -0.1) is 0 Å². The predicted octanol–water partition coefficient (Wildman–Crippen LogP) is 0.281. The molecule has 7 heteroatoms. The molecule has 2 fully saturated rings. The molecule has 7 nitrogen and oxygen atoms in total. The Balaban J connectivity index is 2.11. The number of hydrogen-bond acceptors (Lipinski definition) is 4. The minimum Gasteiger partial charge on any atom is -0.370 e. The number of hydrogen-bond donors (Lipinski definition) is 2. The van der Waals surface area contributed by atoms with Gasteiger partial charge in [-0.3, -0.25) is 24.6 Å². The van der Waals surface area contributed by atoms with Gasteiger partial charge in [0, 0.05) is 13.0 Å². The van der Waals surface area contributed by atoms with Crippen molar-refractivity contribution in [3.8, 4) is 0 Å². The van der Waals surface area contributed by atoms with E-state index in [2.05, 4.69) is 5.32 Å². The molecular weight excluding hydrogens is 262 g/mol. The van der Waals surface area contributed by atoms with Gasteiger partial charge in [-0.1, -0.05) is 19.3 Å². The highest BCUT2D eigenvalue weighted by Crippen LogP contribution is 2.40. The molecule has 1 aliphatic heterocycles. The Hall–Kier alpha value is -1.92. The van der Waals surface area contributed by atoms with Gasteiger partial charge in [0.15, 0.2) is 0 Å². The van der Waals surface area contributed by atoms with E-state index >= 15 is 0 Å². The smallest absolute Gasteiger partial charge is 0.330 e. The number of carbonyl (C=O) groups excluding carboxylic acids is 4. The van der Waals surface area contributed by atoms with E-state index in [0.717, 1.165) is 24.2 Å². The summed E-state index contributed by atoms with van der Waals surface area (Å²) in [4.78, 5) is 48.1. The lowest BCUT2D eigenvalue weighted by molar-refractivity contribution is -0.154. The maximum absolute atomic E-state index is 12.5. The second-order valence-electron chi connectivity index (χ2n) is 5.43. The number of barbiturate groups is 1. The van der Waals surface area contributed by atoms with Crippen LogP contribution in [-0.4, -0.2) is 35.2 Å². The highest BCUT2D eigenvalue weighted by atomic mass is 16.2. The molecule has 0 radical (unpaired) electrons. The van der Waals surface area contributed by atoms with Gasteiger partial charge in [0.2, 0.25) is 17.7 Å². The number of nitrogens with one attached hydrogen (secondary N) is 1. The van der Waals surface area contributed by atoms with Crippen LogP contribution >= 0.6 is 0 Å². The SMILES string of the molecule is NC(=O)CCCN1C(=O)NC(=O)C2(CCCCC2)C1=O. The highest BCUT2D eigenvalue weighted by molar-refractivity contribution is 6.19. The fourth-order valence-corrected chi connectivity index (χ4v) is 2.94. The van der Waals surface area contributed by atoms with Crippen molar-refractivity contribution >= 4 is 23.8 Å². The molecule has 0 aromatic heterocycles. The molecule has 1 saturated heterocycles. The molecule has 20 heavy (non-hydrogen) atoms. The van der Waals surface area contributed by atoms with Crippen molar-refractivity contribution in [2.75, 3.05) is 6.54 Å². The lowest BCUT2D eigenvalue weighted by Crippen LogP contribution is -2.64. The first-order chi connectivity index (χ1) is 9.47. The van der Waals surface area contributed by atoms with Gasteiger partial charge < -0.3 is 5.73 Å². The van der Waals surface area contributed by atoms with E-state index in [4.69, 9.17) is 5.73 Å². The molecule has 0 aromatic carbocycles. The summed E-state index contributed by atoms with van der Waals surface area (Å²) in [6.45, 7) is 0.114. The number of urea groups is 1. The zero-order valence-electron chi connectivity index (χ0n) is 11.3. The van der Waals surface area contributed by atoms with Crippen molar-refractivity contribution < 1.29 is 19.2 Å². The molecule has 1 aliphatic carbocycles. The summed E-state index contributed by atoms with van der Waals surface area (Å²) in [5.74, 6) is -1.37. The van der Waals surface area contributed by atoms with E-state index < -0.39 is 29.2 Å². The molecule has 1 spiro atoms. The Labute approximate surface area is 116 Å². The van der Waals surface area contributed by atoms with E-state index in [0.29, 0.717) is 19.3 Å². The third kappa shape index (κ3) is 2.52. The maximum Gasteiger partial charge on any atom is 0.330 e. The molecule has 2 aliphatic rings. The van der Waals surface area contributed by atoms with Crippen molar-refractivity contribution in [2.45, 2.75) is 44.9 Å². The van der Waals surface area contributed by atoms with Crippen LogP contribution in [0.25, 0.3) is 0 Å². The van der Waals surface area contributed by atoms with Crippen LogP contribution in [0.1, 0.15) is 44.9 Å². The molecule has 110 valence electrons. The summed E-state index contributed by atoms with van der Waals surface area (Å²) in [6.07, 6.45) is 4.01. The third-order valence-corrected chi connectivity index (χ3v) is 4.07. The van der Waals surface area contributed by atoms with Gasteiger partial charge in [0.25, 0.3) is 0 Å². The van der Waals surface area contributed by atoms with Gasteiger partial charge in [-0.05, 0) is 19.3 Å². The van der Waals surface area contributed by atoms with Crippen molar-refractivity contribution in [3.63, 3.8) is 0 Å². The summed E-state index contributed by atoms with van der Waals surface area (Å²) < 4.78 is 0. The number of primary amides is 1. The monoisotopic (exact) mass is 281 g/mol. The molecule has 3 N–H and O–H groups in total. The van der Waals surface area contributed by atoms with E-state index in [-0.39, 0.29) is 13.0 Å². The Morgan fingerprint density at radius 1 is 1.20 bits per heavy atom. The van der Waals surface area contributed by atoms with Crippen molar-refractivity contribution in [3.05, 3.63) is 0 Å². The van der Waals surface area contributed by atoms with Gasteiger partial charge in [-0.25, -0.2) is 4.79 Å². The Kier molecular flexibility index (Phi) is 4.06. The zero-order valence-corrected chi connectivity index (χ0v) is 11.3. The van der Waals surface area contributed by atoms with Gasteiger partial charge >= 0.3 is 6.03 Å². The average Bonchev–Trinajstić information content (AvgIpc) is 2.41. The second kappa shape index (κ2) is 5.60. The standard InChI is InChI=1S/C13H19N3O4/c14-9(17)5-4-8-16-11(19)13(6-2-1-3-7-13)10(18)15-12(16)20/h1-8H2,(H2,14,17)(H,15,18,20).